The van der Waals surface area contributed by atoms with Crippen LogP contribution in [0.2, 0.25) is 5.02 Å². The monoisotopic (exact) mass is 472 g/mol. The number of amides is 1. The molecule has 2 aromatic heterocycles. The highest BCUT2D eigenvalue weighted by Gasteiger charge is 2.46. The minimum absolute atomic E-state index is 0.0793. The van der Waals surface area contributed by atoms with E-state index in [2.05, 4.69) is 25.5 Å². The van der Waals surface area contributed by atoms with Crippen LogP contribution in [-0.2, 0) is 7.05 Å². The summed E-state index contributed by atoms with van der Waals surface area (Å²) in [6.07, 6.45) is 3.85. The SMILES string of the molecule is Cc1cc(N2C(=O)c3nc(Br)n(C4CC4)c3C2c2ccc(Cl)cc2)cn(C)c1=O. The minimum atomic E-state index is -0.342. The summed E-state index contributed by atoms with van der Waals surface area (Å²) in [5, 5.41) is 0.639. The molecule has 1 unspecified atom stereocenters. The van der Waals surface area contributed by atoms with Crippen LogP contribution in [0.4, 0.5) is 5.69 Å². The van der Waals surface area contributed by atoms with Crippen LogP contribution in [0.25, 0.3) is 0 Å². The Morgan fingerprint density at radius 3 is 2.48 bits per heavy atom. The van der Waals surface area contributed by atoms with Crippen molar-refractivity contribution in [1.29, 1.82) is 0 Å². The predicted octanol–water partition coefficient (Wildman–Crippen LogP) is 4.39. The van der Waals surface area contributed by atoms with Crippen LogP contribution in [0.3, 0.4) is 0 Å². The van der Waals surface area contributed by atoms with E-state index in [1.54, 1.807) is 31.1 Å². The number of fused-ring (bicyclic) bond motifs is 1. The quantitative estimate of drug-likeness (QED) is 0.567. The normalized spacial score (nSPS) is 18.4. The minimum Gasteiger partial charge on any atom is -0.317 e. The topological polar surface area (TPSA) is 60.1 Å². The average molecular weight is 474 g/mol. The van der Waals surface area contributed by atoms with Crippen molar-refractivity contribution in [2.24, 2.45) is 7.05 Å². The van der Waals surface area contributed by atoms with Gasteiger partial charge in [-0.25, -0.2) is 4.98 Å². The molecule has 1 amide bonds. The first-order chi connectivity index (χ1) is 13.9. The van der Waals surface area contributed by atoms with E-state index in [9.17, 15) is 9.59 Å². The molecular formula is C21H18BrClN4O2. The van der Waals surface area contributed by atoms with Crippen molar-refractivity contribution in [3.8, 4) is 0 Å². The number of halogens is 2. The molecule has 0 N–H and O–H groups in total. The lowest BCUT2D eigenvalue weighted by Gasteiger charge is -2.27. The first-order valence-electron chi connectivity index (χ1n) is 9.40. The molecule has 1 fully saturated rings. The zero-order valence-corrected chi connectivity index (χ0v) is 18.2. The molecule has 1 saturated carbocycles. The summed E-state index contributed by atoms with van der Waals surface area (Å²) >= 11 is 9.66. The van der Waals surface area contributed by atoms with Crippen LogP contribution in [0.15, 0.2) is 46.1 Å². The van der Waals surface area contributed by atoms with Gasteiger partial charge in [0.2, 0.25) is 0 Å². The van der Waals surface area contributed by atoms with Crippen molar-refractivity contribution in [1.82, 2.24) is 14.1 Å². The summed E-state index contributed by atoms with van der Waals surface area (Å²) in [6, 6.07) is 9.32. The number of rotatable bonds is 3. The third kappa shape index (κ3) is 2.87. The van der Waals surface area contributed by atoms with Crippen molar-refractivity contribution in [2.75, 3.05) is 4.90 Å². The molecule has 5 rings (SSSR count). The van der Waals surface area contributed by atoms with Gasteiger partial charge in [-0.05, 0) is 59.5 Å². The molecular weight excluding hydrogens is 456 g/mol. The molecule has 3 heterocycles. The van der Waals surface area contributed by atoms with Gasteiger partial charge < -0.3 is 9.13 Å². The number of hydrogen-bond acceptors (Lipinski definition) is 3. The average Bonchev–Trinajstić information content (AvgIpc) is 3.40. The molecule has 6 nitrogen and oxygen atoms in total. The number of anilines is 1. The van der Waals surface area contributed by atoms with E-state index < -0.39 is 0 Å². The molecule has 0 spiro atoms. The Balaban J connectivity index is 1.75. The molecule has 8 heteroatoms. The fourth-order valence-electron chi connectivity index (χ4n) is 4.08. The number of nitrogens with zero attached hydrogens (tertiary/aromatic N) is 4. The number of pyridine rings is 1. The van der Waals surface area contributed by atoms with Gasteiger partial charge in [0.25, 0.3) is 11.5 Å². The van der Waals surface area contributed by atoms with Crippen LogP contribution in [-0.4, -0.2) is 20.0 Å². The molecule has 29 heavy (non-hydrogen) atoms. The van der Waals surface area contributed by atoms with Gasteiger partial charge in [0.05, 0.1) is 11.4 Å². The second-order valence-corrected chi connectivity index (χ2v) is 8.79. The third-order valence-corrected chi connectivity index (χ3v) is 6.38. The van der Waals surface area contributed by atoms with E-state index in [-0.39, 0.29) is 17.5 Å². The maximum Gasteiger partial charge on any atom is 0.279 e. The highest BCUT2D eigenvalue weighted by molar-refractivity contribution is 9.10. The van der Waals surface area contributed by atoms with E-state index in [4.69, 9.17) is 11.6 Å². The summed E-state index contributed by atoms with van der Waals surface area (Å²) in [5.74, 6) is -0.168. The molecule has 0 radical (unpaired) electrons. The smallest absolute Gasteiger partial charge is 0.279 e. The summed E-state index contributed by atoms with van der Waals surface area (Å²) in [7, 11) is 1.70. The number of imidazole rings is 1. The molecule has 3 aromatic rings. The standard InChI is InChI=1S/C21H18BrClN4O2/c1-11-9-15(10-25(2)19(11)28)26-17(12-3-5-13(23)6-4-12)18-16(20(26)29)24-21(22)27(18)14-7-8-14/h3-6,9-10,14,17H,7-8H2,1-2H3. The van der Waals surface area contributed by atoms with Gasteiger partial charge >= 0.3 is 0 Å². The fraction of sp³-hybridized carbons (Fsp3) is 0.286. The first-order valence-corrected chi connectivity index (χ1v) is 10.6. The van der Waals surface area contributed by atoms with Gasteiger partial charge in [0, 0.05) is 29.9 Å². The van der Waals surface area contributed by atoms with Crippen LogP contribution in [0, 0.1) is 6.92 Å². The Labute approximate surface area is 180 Å². The second-order valence-electron chi connectivity index (χ2n) is 7.64. The molecule has 148 valence electrons. The number of carbonyl (C=O) groups excluding carboxylic acids is 1. The lowest BCUT2D eigenvalue weighted by molar-refractivity contribution is 0.0989. The van der Waals surface area contributed by atoms with Crippen molar-refractivity contribution in [3.05, 3.63) is 79.2 Å². The van der Waals surface area contributed by atoms with Gasteiger partial charge in [-0.15, -0.1) is 0 Å². The summed E-state index contributed by atoms with van der Waals surface area (Å²) in [5.41, 5.74) is 3.47. The number of aryl methyl sites for hydroxylation is 2. The van der Waals surface area contributed by atoms with E-state index in [0.717, 1.165) is 24.1 Å². The Morgan fingerprint density at radius 1 is 1.17 bits per heavy atom. The van der Waals surface area contributed by atoms with Crippen LogP contribution < -0.4 is 10.5 Å². The molecule has 0 bridgehead atoms. The maximum absolute atomic E-state index is 13.5. The Morgan fingerprint density at radius 2 is 1.86 bits per heavy atom. The molecule has 1 atom stereocenters. The van der Waals surface area contributed by atoms with Crippen molar-refractivity contribution in [3.63, 3.8) is 0 Å². The van der Waals surface area contributed by atoms with Gasteiger partial charge in [0.15, 0.2) is 10.4 Å². The fourth-order valence-corrected chi connectivity index (χ4v) is 4.86. The van der Waals surface area contributed by atoms with E-state index in [0.29, 0.717) is 32.7 Å². The third-order valence-electron chi connectivity index (χ3n) is 5.57. The van der Waals surface area contributed by atoms with E-state index in [1.165, 1.54) is 4.57 Å². The molecule has 1 aromatic carbocycles. The number of hydrogen-bond donors (Lipinski definition) is 0. The van der Waals surface area contributed by atoms with Crippen LogP contribution >= 0.6 is 27.5 Å². The highest BCUT2D eigenvalue weighted by atomic mass is 79.9. The largest absolute Gasteiger partial charge is 0.317 e. The van der Waals surface area contributed by atoms with Crippen LogP contribution in [0.1, 0.15) is 52.2 Å². The molecule has 2 aliphatic rings. The lowest BCUT2D eigenvalue weighted by atomic mass is 10.0. The number of aromatic nitrogens is 3. The lowest BCUT2D eigenvalue weighted by Crippen LogP contribution is -2.32. The van der Waals surface area contributed by atoms with Gasteiger partial charge in [-0.1, -0.05) is 23.7 Å². The highest BCUT2D eigenvalue weighted by Crippen LogP contribution is 2.48. The molecule has 1 aliphatic heterocycles. The summed E-state index contributed by atoms with van der Waals surface area (Å²) in [4.78, 5) is 32.0. The molecule has 0 saturated heterocycles. The summed E-state index contributed by atoms with van der Waals surface area (Å²) in [6.45, 7) is 1.76. The van der Waals surface area contributed by atoms with Crippen LogP contribution in [0.5, 0.6) is 0 Å². The predicted molar refractivity (Wildman–Crippen MR) is 115 cm³/mol. The number of carbonyl (C=O) groups is 1. The van der Waals surface area contributed by atoms with Gasteiger partial charge in [-0.2, -0.15) is 0 Å². The van der Waals surface area contributed by atoms with Crippen molar-refractivity contribution >= 4 is 39.1 Å². The zero-order valence-electron chi connectivity index (χ0n) is 15.9. The number of benzene rings is 1. The Kier molecular flexibility index (Phi) is 4.22. The van der Waals surface area contributed by atoms with E-state index >= 15 is 0 Å². The maximum atomic E-state index is 13.5. The van der Waals surface area contributed by atoms with Crippen molar-refractivity contribution < 1.29 is 4.79 Å². The molecule has 1 aliphatic carbocycles. The van der Waals surface area contributed by atoms with Gasteiger partial charge in [-0.3, -0.25) is 14.5 Å². The summed E-state index contributed by atoms with van der Waals surface area (Å²) < 4.78 is 4.34. The first kappa shape index (κ1) is 18.6. The Hall–Kier alpha value is -2.38. The second kappa shape index (κ2) is 6.57. The zero-order chi connectivity index (χ0) is 20.4. The van der Waals surface area contributed by atoms with E-state index in [1.807, 2.05) is 24.3 Å². The Bertz CT molecular complexity index is 1180. The van der Waals surface area contributed by atoms with Crippen molar-refractivity contribution in [2.45, 2.75) is 31.8 Å². The van der Waals surface area contributed by atoms with Gasteiger partial charge in [0.1, 0.15) is 6.04 Å².